The Morgan fingerprint density at radius 3 is 1.04 bits per heavy atom. The summed E-state index contributed by atoms with van der Waals surface area (Å²) in [5, 5.41) is 0. The van der Waals surface area contributed by atoms with E-state index in [9.17, 15) is 0 Å². The number of hydrogen-bond donors (Lipinski definition) is 0. The lowest BCUT2D eigenvalue weighted by atomic mass is 9.95. The van der Waals surface area contributed by atoms with Crippen molar-refractivity contribution >= 4 is 0 Å². The smallest absolute Gasteiger partial charge is 0.141 e. The van der Waals surface area contributed by atoms with Gasteiger partial charge in [-0.3, -0.25) is 0 Å². The second kappa shape index (κ2) is 6.67. The molecule has 0 spiro atoms. The van der Waals surface area contributed by atoms with Crippen LogP contribution in [0, 0.1) is 0 Å². The molecule has 3 heterocycles. The maximum absolute atomic E-state index is 5.74. The van der Waals surface area contributed by atoms with Crippen molar-refractivity contribution in [3.05, 3.63) is 108 Å². The van der Waals surface area contributed by atoms with Crippen LogP contribution in [0.15, 0.2) is 91.7 Å². The molecular weight excluding hydrogens is 300 g/mol. The van der Waals surface area contributed by atoms with Gasteiger partial charge in [0.05, 0.1) is 18.8 Å². The van der Waals surface area contributed by atoms with E-state index < -0.39 is 0 Å². The molecule has 0 saturated carbocycles. The molecule has 3 aliphatic heterocycles. The molecule has 3 atom stereocenters. The van der Waals surface area contributed by atoms with Gasteiger partial charge in [0.25, 0.3) is 0 Å². The minimum atomic E-state index is -0.0973. The molecule has 3 heteroatoms. The van der Waals surface area contributed by atoms with Crippen LogP contribution in [0.3, 0.4) is 0 Å². The van der Waals surface area contributed by atoms with Gasteiger partial charge in [0.1, 0.15) is 18.3 Å². The summed E-state index contributed by atoms with van der Waals surface area (Å²) in [6.07, 6.45) is 22.6. The van der Waals surface area contributed by atoms with E-state index in [1.165, 1.54) is 0 Å². The first-order valence-corrected chi connectivity index (χ1v) is 8.01. The topological polar surface area (TPSA) is 27.7 Å². The molecule has 24 heavy (non-hydrogen) atoms. The zero-order valence-corrected chi connectivity index (χ0v) is 13.1. The van der Waals surface area contributed by atoms with E-state index in [1.54, 1.807) is 18.8 Å². The molecule has 0 N–H and O–H groups in total. The normalized spacial score (nSPS) is 26.8. The summed E-state index contributed by atoms with van der Waals surface area (Å²) in [7, 11) is 0. The molecule has 3 unspecified atom stereocenters. The number of hydrogen-bond acceptors (Lipinski definition) is 3. The van der Waals surface area contributed by atoms with Crippen molar-refractivity contribution in [2.24, 2.45) is 0 Å². The molecule has 0 radical (unpaired) electrons. The van der Waals surface area contributed by atoms with Crippen molar-refractivity contribution in [3.63, 3.8) is 0 Å². The third kappa shape index (κ3) is 3.06. The Bertz CT molecular complexity index is 663. The third-order valence-corrected chi connectivity index (χ3v) is 4.09. The van der Waals surface area contributed by atoms with E-state index in [-0.39, 0.29) is 18.3 Å². The lowest BCUT2D eigenvalue weighted by molar-refractivity contribution is 0.174. The first kappa shape index (κ1) is 14.6. The number of allylic oxidation sites excluding steroid dienone is 6. The van der Waals surface area contributed by atoms with Crippen LogP contribution in [0.4, 0.5) is 0 Å². The second-order valence-corrected chi connectivity index (χ2v) is 5.74. The number of ether oxygens (including phenoxy) is 3. The molecule has 1 aromatic rings. The first-order valence-electron chi connectivity index (χ1n) is 8.01. The van der Waals surface area contributed by atoms with Crippen molar-refractivity contribution in [3.8, 4) is 0 Å². The highest BCUT2D eigenvalue weighted by Crippen LogP contribution is 2.33. The van der Waals surface area contributed by atoms with E-state index in [0.29, 0.717) is 0 Å². The van der Waals surface area contributed by atoms with Crippen molar-refractivity contribution in [2.75, 3.05) is 0 Å². The minimum absolute atomic E-state index is 0.0973. The average molecular weight is 318 g/mol. The molecule has 0 bridgehead atoms. The van der Waals surface area contributed by atoms with Gasteiger partial charge >= 0.3 is 0 Å². The van der Waals surface area contributed by atoms with Gasteiger partial charge in [-0.05, 0) is 71.3 Å². The van der Waals surface area contributed by atoms with Crippen molar-refractivity contribution in [2.45, 2.75) is 18.3 Å². The predicted octanol–water partition coefficient (Wildman–Crippen LogP) is 5.11. The Labute approximate surface area is 141 Å². The van der Waals surface area contributed by atoms with Gasteiger partial charge in [0.2, 0.25) is 0 Å². The molecule has 3 aliphatic rings. The largest absolute Gasteiger partial charge is 0.489 e. The van der Waals surface area contributed by atoms with Crippen LogP contribution in [0.2, 0.25) is 0 Å². The van der Waals surface area contributed by atoms with E-state index in [0.717, 1.165) is 16.7 Å². The molecule has 4 rings (SSSR count). The van der Waals surface area contributed by atoms with Crippen LogP contribution in [0.25, 0.3) is 0 Å². The Kier molecular flexibility index (Phi) is 4.07. The number of benzene rings is 1. The fourth-order valence-electron chi connectivity index (χ4n) is 2.92. The molecule has 120 valence electrons. The summed E-state index contributed by atoms with van der Waals surface area (Å²) in [5.41, 5.74) is 3.25. The lowest BCUT2D eigenvalue weighted by Gasteiger charge is -2.23. The molecule has 0 aromatic heterocycles. The van der Waals surface area contributed by atoms with Gasteiger partial charge in [-0.2, -0.15) is 0 Å². The maximum Gasteiger partial charge on any atom is 0.141 e. The Morgan fingerprint density at radius 1 is 0.458 bits per heavy atom. The van der Waals surface area contributed by atoms with Gasteiger partial charge in [-0.1, -0.05) is 18.2 Å². The van der Waals surface area contributed by atoms with Crippen molar-refractivity contribution < 1.29 is 14.2 Å². The summed E-state index contributed by atoms with van der Waals surface area (Å²) in [4.78, 5) is 0. The summed E-state index contributed by atoms with van der Waals surface area (Å²) in [6.45, 7) is 0. The standard InChI is InChI=1S/C21H18O3/c1-4-10-22-19(7-1)16-13-17(20-8-2-5-11-23-20)15-18(14-16)21-9-3-6-12-24-21/h1-15,19-21H. The first-order chi connectivity index (χ1) is 11.9. The van der Waals surface area contributed by atoms with Gasteiger partial charge in [-0.15, -0.1) is 0 Å². The maximum atomic E-state index is 5.74. The minimum Gasteiger partial charge on any atom is -0.489 e. The average Bonchev–Trinajstić information content (AvgIpc) is 2.70. The fourth-order valence-corrected chi connectivity index (χ4v) is 2.92. The van der Waals surface area contributed by atoms with Crippen molar-refractivity contribution in [1.29, 1.82) is 0 Å². The molecule has 0 amide bonds. The van der Waals surface area contributed by atoms with Gasteiger partial charge in [0, 0.05) is 0 Å². The van der Waals surface area contributed by atoms with Gasteiger partial charge in [-0.25, -0.2) is 0 Å². The van der Waals surface area contributed by atoms with Crippen molar-refractivity contribution in [1.82, 2.24) is 0 Å². The molecule has 1 aromatic carbocycles. The van der Waals surface area contributed by atoms with Crippen LogP contribution in [0.1, 0.15) is 35.0 Å². The van der Waals surface area contributed by atoms with E-state index >= 15 is 0 Å². The fraction of sp³-hybridized carbons (Fsp3) is 0.143. The lowest BCUT2D eigenvalue weighted by Crippen LogP contribution is -2.08. The van der Waals surface area contributed by atoms with E-state index in [2.05, 4.69) is 18.2 Å². The summed E-state index contributed by atoms with van der Waals surface area (Å²) >= 11 is 0. The van der Waals surface area contributed by atoms with Crippen LogP contribution in [-0.2, 0) is 14.2 Å². The highest BCUT2D eigenvalue weighted by molar-refractivity contribution is 5.39. The Morgan fingerprint density at radius 2 is 0.792 bits per heavy atom. The SMILES string of the molecule is C1=COC(c2cc(C3C=CC=CO3)cc(C3C=CC=CO3)c2)C=C1. The van der Waals surface area contributed by atoms with Crippen LogP contribution in [-0.4, -0.2) is 0 Å². The molecule has 0 aliphatic carbocycles. The molecule has 3 nitrogen and oxygen atoms in total. The summed E-state index contributed by atoms with van der Waals surface area (Å²) < 4.78 is 17.2. The van der Waals surface area contributed by atoms with E-state index in [4.69, 9.17) is 14.2 Å². The third-order valence-electron chi connectivity index (χ3n) is 4.09. The number of rotatable bonds is 3. The van der Waals surface area contributed by atoms with Crippen LogP contribution >= 0.6 is 0 Å². The predicted molar refractivity (Wildman–Crippen MR) is 92.8 cm³/mol. The summed E-state index contributed by atoms with van der Waals surface area (Å²) in [6, 6.07) is 6.40. The van der Waals surface area contributed by atoms with Gasteiger partial charge in [0.15, 0.2) is 0 Å². The quantitative estimate of drug-likeness (QED) is 0.775. The Hall–Kier alpha value is -2.94. The highest BCUT2D eigenvalue weighted by Gasteiger charge is 2.20. The highest BCUT2D eigenvalue weighted by atomic mass is 16.5. The molecule has 0 fully saturated rings. The monoisotopic (exact) mass is 318 g/mol. The zero-order valence-electron chi connectivity index (χ0n) is 13.1. The summed E-state index contributed by atoms with van der Waals surface area (Å²) in [5.74, 6) is 0. The second-order valence-electron chi connectivity index (χ2n) is 5.74. The van der Waals surface area contributed by atoms with Gasteiger partial charge < -0.3 is 14.2 Å². The molecule has 0 saturated heterocycles. The zero-order chi connectivity index (χ0) is 16.2. The molecular formula is C21H18O3. The van der Waals surface area contributed by atoms with Crippen LogP contribution < -0.4 is 0 Å². The Balaban J connectivity index is 1.72. The van der Waals surface area contributed by atoms with E-state index in [1.807, 2.05) is 54.7 Å². The van der Waals surface area contributed by atoms with Crippen LogP contribution in [0.5, 0.6) is 0 Å².